The van der Waals surface area contributed by atoms with Gasteiger partial charge in [0.2, 0.25) is 0 Å². The summed E-state index contributed by atoms with van der Waals surface area (Å²) in [5.41, 5.74) is 1.98. The average Bonchev–Trinajstić information content (AvgIpc) is 2.87. The minimum absolute atomic E-state index is 0.142. The molecule has 1 aliphatic rings. The maximum atomic E-state index is 13.5. The standard InChI is InChI=1S/C27H28FNO5/c1-18(34-22-7-5-4-6-8-22)27(30)29-14-13-19-15-25(31-2)26(32-3)16-23(19)24(29)17-33-21-11-9-20(28)10-12-21/h4-12,15-16,18,24H,13-14,17H2,1-3H3/t18-,24-/m0/s1. The lowest BCUT2D eigenvalue weighted by Crippen LogP contribution is -2.47. The summed E-state index contributed by atoms with van der Waals surface area (Å²) in [6.07, 6.45) is -0.0237. The first-order chi connectivity index (χ1) is 16.5. The van der Waals surface area contributed by atoms with Gasteiger partial charge >= 0.3 is 0 Å². The highest BCUT2D eigenvalue weighted by molar-refractivity contribution is 5.82. The van der Waals surface area contributed by atoms with E-state index in [2.05, 4.69) is 0 Å². The highest BCUT2D eigenvalue weighted by Gasteiger charge is 2.35. The molecule has 0 radical (unpaired) electrons. The maximum Gasteiger partial charge on any atom is 0.263 e. The molecule has 0 bridgehead atoms. The molecule has 0 aliphatic carbocycles. The molecule has 0 unspecified atom stereocenters. The quantitative estimate of drug-likeness (QED) is 0.478. The van der Waals surface area contributed by atoms with Crippen molar-refractivity contribution in [2.45, 2.75) is 25.5 Å². The first-order valence-electron chi connectivity index (χ1n) is 11.2. The largest absolute Gasteiger partial charge is 0.493 e. The number of methoxy groups -OCH3 is 2. The molecule has 1 amide bonds. The summed E-state index contributed by atoms with van der Waals surface area (Å²) in [5.74, 6) is 1.89. The van der Waals surface area contributed by atoms with E-state index in [1.165, 1.54) is 12.1 Å². The van der Waals surface area contributed by atoms with E-state index in [-0.39, 0.29) is 24.4 Å². The van der Waals surface area contributed by atoms with E-state index < -0.39 is 6.10 Å². The summed E-state index contributed by atoms with van der Waals surface area (Å²) < 4.78 is 36.2. The minimum Gasteiger partial charge on any atom is -0.493 e. The summed E-state index contributed by atoms with van der Waals surface area (Å²) in [6, 6.07) is 18.6. The third-order valence-electron chi connectivity index (χ3n) is 5.91. The molecule has 178 valence electrons. The normalized spacial score (nSPS) is 15.8. The molecular formula is C27H28FNO5. The van der Waals surface area contributed by atoms with Crippen LogP contribution >= 0.6 is 0 Å². The molecule has 4 rings (SSSR count). The van der Waals surface area contributed by atoms with Gasteiger partial charge in [0.05, 0.1) is 20.3 Å². The number of amides is 1. The molecule has 0 aromatic heterocycles. The topological polar surface area (TPSA) is 57.2 Å². The van der Waals surface area contributed by atoms with Gasteiger partial charge in [0.15, 0.2) is 17.6 Å². The van der Waals surface area contributed by atoms with Crippen molar-refractivity contribution in [1.29, 1.82) is 0 Å². The number of hydrogen-bond donors (Lipinski definition) is 0. The van der Waals surface area contributed by atoms with E-state index in [9.17, 15) is 9.18 Å². The Morgan fingerprint density at radius 1 is 1.00 bits per heavy atom. The Morgan fingerprint density at radius 3 is 2.35 bits per heavy atom. The van der Waals surface area contributed by atoms with Crippen LogP contribution in [0.25, 0.3) is 0 Å². The van der Waals surface area contributed by atoms with Crippen LogP contribution in [0.2, 0.25) is 0 Å². The van der Waals surface area contributed by atoms with Crippen molar-refractivity contribution >= 4 is 5.91 Å². The summed E-state index contributed by atoms with van der Waals surface area (Å²) in [7, 11) is 3.18. The van der Waals surface area contributed by atoms with E-state index in [4.69, 9.17) is 18.9 Å². The van der Waals surface area contributed by atoms with Gasteiger partial charge in [0, 0.05) is 6.54 Å². The van der Waals surface area contributed by atoms with E-state index >= 15 is 0 Å². The molecule has 6 nitrogen and oxygen atoms in total. The zero-order valence-electron chi connectivity index (χ0n) is 19.5. The van der Waals surface area contributed by atoms with Gasteiger partial charge in [-0.3, -0.25) is 4.79 Å². The molecule has 34 heavy (non-hydrogen) atoms. The fourth-order valence-electron chi connectivity index (χ4n) is 4.16. The van der Waals surface area contributed by atoms with Crippen molar-refractivity contribution in [3.8, 4) is 23.0 Å². The van der Waals surface area contributed by atoms with Gasteiger partial charge in [-0.25, -0.2) is 4.39 Å². The predicted octanol–water partition coefficient (Wildman–Crippen LogP) is 4.82. The van der Waals surface area contributed by atoms with E-state index in [0.717, 1.165) is 11.1 Å². The van der Waals surface area contributed by atoms with Crippen LogP contribution in [0.4, 0.5) is 4.39 Å². The molecular weight excluding hydrogens is 437 g/mol. The van der Waals surface area contributed by atoms with Gasteiger partial charge in [-0.2, -0.15) is 0 Å². The summed E-state index contributed by atoms with van der Waals surface area (Å²) in [5, 5.41) is 0. The number of carbonyl (C=O) groups is 1. The molecule has 0 fully saturated rings. The third kappa shape index (κ3) is 5.09. The summed E-state index contributed by atoms with van der Waals surface area (Å²) >= 11 is 0. The highest BCUT2D eigenvalue weighted by Crippen LogP contribution is 2.38. The number of rotatable bonds is 8. The lowest BCUT2D eigenvalue weighted by Gasteiger charge is -2.38. The van der Waals surface area contributed by atoms with Crippen LogP contribution in [0, 0.1) is 5.82 Å². The van der Waals surface area contributed by atoms with Crippen LogP contribution in [0.5, 0.6) is 23.0 Å². The van der Waals surface area contributed by atoms with Gasteiger partial charge in [0.1, 0.15) is 23.9 Å². The van der Waals surface area contributed by atoms with Crippen molar-refractivity contribution in [2.24, 2.45) is 0 Å². The molecule has 0 spiro atoms. The van der Waals surface area contributed by atoms with Crippen LogP contribution in [-0.4, -0.2) is 44.3 Å². The van der Waals surface area contributed by atoms with Crippen molar-refractivity contribution in [3.05, 3.63) is 83.7 Å². The van der Waals surface area contributed by atoms with E-state index in [1.807, 2.05) is 42.5 Å². The van der Waals surface area contributed by atoms with Gasteiger partial charge in [0.25, 0.3) is 5.91 Å². The van der Waals surface area contributed by atoms with E-state index in [0.29, 0.717) is 36.0 Å². The monoisotopic (exact) mass is 465 g/mol. The average molecular weight is 466 g/mol. The van der Waals surface area contributed by atoms with Gasteiger partial charge in [-0.1, -0.05) is 18.2 Å². The molecule has 2 atom stereocenters. The lowest BCUT2D eigenvalue weighted by molar-refractivity contribution is -0.141. The van der Waals surface area contributed by atoms with Crippen LogP contribution in [-0.2, 0) is 11.2 Å². The Balaban J connectivity index is 1.62. The summed E-state index contributed by atoms with van der Waals surface area (Å²) in [6.45, 7) is 2.44. The number of fused-ring (bicyclic) bond motifs is 1. The second kappa shape index (κ2) is 10.5. The minimum atomic E-state index is -0.683. The smallest absolute Gasteiger partial charge is 0.263 e. The molecule has 1 heterocycles. The lowest BCUT2D eigenvalue weighted by atomic mass is 9.91. The molecule has 0 saturated carbocycles. The summed E-state index contributed by atoms with van der Waals surface area (Å²) in [4.78, 5) is 15.3. The fourth-order valence-corrected chi connectivity index (χ4v) is 4.16. The molecule has 7 heteroatoms. The van der Waals surface area contributed by atoms with Gasteiger partial charge in [-0.15, -0.1) is 0 Å². The first kappa shape index (κ1) is 23.4. The van der Waals surface area contributed by atoms with Crippen LogP contribution in [0.1, 0.15) is 24.1 Å². The van der Waals surface area contributed by atoms with Gasteiger partial charge < -0.3 is 23.8 Å². The Hall–Kier alpha value is -3.74. The zero-order valence-corrected chi connectivity index (χ0v) is 19.5. The second-order valence-electron chi connectivity index (χ2n) is 8.04. The van der Waals surface area contributed by atoms with E-state index in [1.54, 1.807) is 38.2 Å². The second-order valence-corrected chi connectivity index (χ2v) is 8.04. The Morgan fingerprint density at radius 2 is 1.68 bits per heavy atom. The van der Waals surface area contributed by atoms with Crippen LogP contribution < -0.4 is 18.9 Å². The number of hydrogen-bond acceptors (Lipinski definition) is 5. The molecule has 3 aromatic rings. The number of ether oxygens (including phenoxy) is 4. The SMILES string of the molecule is COc1cc2c(cc1OC)[C@H](COc1ccc(F)cc1)N(C(=O)[C@H](C)Oc1ccccc1)CC2. The maximum absolute atomic E-state index is 13.5. The van der Waals surface area contributed by atoms with Crippen molar-refractivity contribution in [1.82, 2.24) is 4.90 Å². The van der Waals surface area contributed by atoms with Crippen LogP contribution in [0.3, 0.4) is 0 Å². The third-order valence-corrected chi connectivity index (χ3v) is 5.91. The molecule has 0 N–H and O–H groups in total. The van der Waals surface area contributed by atoms with Crippen LogP contribution in [0.15, 0.2) is 66.7 Å². The Bertz CT molecular complexity index is 1120. The van der Waals surface area contributed by atoms with Gasteiger partial charge in [-0.05, 0) is 73.0 Å². The molecule has 3 aromatic carbocycles. The number of carbonyl (C=O) groups excluding carboxylic acids is 1. The molecule has 1 aliphatic heterocycles. The highest BCUT2D eigenvalue weighted by atomic mass is 19.1. The Labute approximate surface area is 198 Å². The molecule has 0 saturated heterocycles. The zero-order chi connectivity index (χ0) is 24.1. The predicted molar refractivity (Wildman–Crippen MR) is 126 cm³/mol. The Kier molecular flexibility index (Phi) is 7.21. The van der Waals surface area contributed by atoms with Crippen molar-refractivity contribution < 1.29 is 28.1 Å². The number of nitrogens with zero attached hydrogens (tertiary/aromatic N) is 1. The fraction of sp³-hybridized carbons (Fsp3) is 0.296. The van der Waals surface area contributed by atoms with Crippen molar-refractivity contribution in [3.63, 3.8) is 0 Å². The van der Waals surface area contributed by atoms with Crippen molar-refractivity contribution in [2.75, 3.05) is 27.4 Å². The number of para-hydroxylation sites is 1. The first-order valence-corrected chi connectivity index (χ1v) is 11.2. The number of benzene rings is 3. The number of halogens is 1.